The van der Waals surface area contributed by atoms with Crippen LogP contribution in [0.3, 0.4) is 0 Å². The number of hydrogen-bond acceptors (Lipinski definition) is 3. The Morgan fingerprint density at radius 1 is 1.56 bits per heavy atom. The van der Waals surface area contributed by atoms with Crippen molar-refractivity contribution in [2.45, 2.75) is 19.4 Å². The molecule has 0 aliphatic heterocycles. The minimum atomic E-state index is -1.05. The highest BCUT2D eigenvalue weighted by atomic mass is 19.1. The summed E-state index contributed by atoms with van der Waals surface area (Å²) in [6, 6.07) is 4.04. The molecule has 16 heavy (non-hydrogen) atoms. The van der Waals surface area contributed by atoms with E-state index >= 15 is 0 Å². The maximum Gasteiger partial charge on any atom is 0.256 e. The summed E-state index contributed by atoms with van der Waals surface area (Å²) in [5, 5.41) is 11.8. The van der Waals surface area contributed by atoms with Gasteiger partial charge in [0.05, 0.1) is 11.2 Å². The molecule has 0 radical (unpaired) electrons. The molecule has 0 atom stereocenters. The SMILES string of the molecule is CC(C)(O)CNC(=O)c1c(N)cccc1F. The number of nitrogens with one attached hydrogen (secondary N) is 1. The zero-order valence-electron chi connectivity index (χ0n) is 9.25. The van der Waals surface area contributed by atoms with E-state index in [1.54, 1.807) is 0 Å². The van der Waals surface area contributed by atoms with E-state index in [1.165, 1.54) is 26.0 Å². The number of carbonyl (C=O) groups excluding carboxylic acids is 1. The van der Waals surface area contributed by atoms with E-state index in [0.717, 1.165) is 6.07 Å². The van der Waals surface area contributed by atoms with Crippen molar-refractivity contribution >= 4 is 11.6 Å². The molecule has 0 aliphatic rings. The van der Waals surface area contributed by atoms with Gasteiger partial charge in [0.2, 0.25) is 0 Å². The van der Waals surface area contributed by atoms with Crippen LogP contribution in [0.25, 0.3) is 0 Å². The van der Waals surface area contributed by atoms with Gasteiger partial charge in [-0.1, -0.05) is 6.07 Å². The lowest BCUT2D eigenvalue weighted by molar-refractivity contribution is 0.0692. The average molecular weight is 226 g/mol. The van der Waals surface area contributed by atoms with Crippen LogP contribution in [0.1, 0.15) is 24.2 Å². The number of nitrogens with two attached hydrogens (primary N) is 1. The van der Waals surface area contributed by atoms with Gasteiger partial charge in [-0.05, 0) is 26.0 Å². The molecule has 1 aromatic carbocycles. The largest absolute Gasteiger partial charge is 0.398 e. The van der Waals surface area contributed by atoms with E-state index in [2.05, 4.69) is 5.32 Å². The molecule has 0 fully saturated rings. The van der Waals surface area contributed by atoms with Crippen LogP contribution < -0.4 is 11.1 Å². The second-order valence-electron chi connectivity index (χ2n) is 4.20. The van der Waals surface area contributed by atoms with E-state index in [-0.39, 0.29) is 17.8 Å². The van der Waals surface area contributed by atoms with Crippen molar-refractivity contribution in [3.05, 3.63) is 29.6 Å². The van der Waals surface area contributed by atoms with Gasteiger partial charge in [0.1, 0.15) is 5.82 Å². The minimum absolute atomic E-state index is 0.0274. The van der Waals surface area contributed by atoms with E-state index in [0.29, 0.717) is 0 Å². The molecule has 88 valence electrons. The van der Waals surface area contributed by atoms with Crippen molar-refractivity contribution < 1.29 is 14.3 Å². The molecule has 0 unspecified atom stereocenters. The van der Waals surface area contributed by atoms with Gasteiger partial charge >= 0.3 is 0 Å². The first-order valence-electron chi connectivity index (χ1n) is 4.86. The summed E-state index contributed by atoms with van der Waals surface area (Å²) in [4.78, 5) is 11.6. The number of amides is 1. The third-order valence-electron chi connectivity index (χ3n) is 1.95. The number of anilines is 1. The average Bonchev–Trinajstić information content (AvgIpc) is 2.13. The summed E-state index contributed by atoms with van der Waals surface area (Å²) < 4.78 is 13.3. The lowest BCUT2D eigenvalue weighted by atomic mass is 10.1. The molecule has 0 aliphatic carbocycles. The Kier molecular flexibility index (Phi) is 3.49. The Balaban J connectivity index is 2.81. The highest BCUT2D eigenvalue weighted by Crippen LogP contribution is 2.15. The highest BCUT2D eigenvalue weighted by Gasteiger charge is 2.18. The van der Waals surface area contributed by atoms with Crippen LogP contribution in [0, 0.1) is 5.82 Å². The molecule has 0 heterocycles. The van der Waals surface area contributed by atoms with E-state index in [1.807, 2.05) is 0 Å². The van der Waals surface area contributed by atoms with Crippen LogP contribution in [-0.2, 0) is 0 Å². The van der Waals surface area contributed by atoms with E-state index < -0.39 is 17.3 Å². The third kappa shape index (κ3) is 3.20. The molecular weight excluding hydrogens is 211 g/mol. The van der Waals surface area contributed by atoms with Crippen molar-refractivity contribution in [2.24, 2.45) is 0 Å². The summed E-state index contributed by atoms with van der Waals surface area (Å²) >= 11 is 0. The Bertz CT molecular complexity index is 379. The molecule has 5 heteroatoms. The topological polar surface area (TPSA) is 75.3 Å². The number of carbonyl (C=O) groups is 1. The zero-order valence-corrected chi connectivity index (χ0v) is 9.25. The fourth-order valence-electron chi connectivity index (χ4n) is 1.17. The molecule has 0 spiro atoms. The fraction of sp³-hybridized carbons (Fsp3) is 0.364. The Morgan fingerprint density at radius 3 is 2.69 bits per heavy atom. The first kappa shape index (κ1) is 12.4. The highest BCUT2D eigenvalue weighted by molar-refractivity contribution is 5.99. The predicted molar refractivity (Wildman–Crippen MR) is 59.4 cm³/mol. The molecule has 0 saturated heterocycles. The Hall–Kier alpha value is -1.62. The van der Waals surface area contributed by atoms with Crippen LogP contribution in [0.4, 0.5) is 10.1 Å². The van der Waals surface area contributed by atoms with Gasteiger partial charge in [-0.15, -0.1) is 0 Å². The number of nitrogen functional groups attached to an aromatic ring is 1. The van der Waals surface area contributed by atoms with E-state index in [4.69, 9.17) is 5.73 Å². The van der Waals surface area contributed by atoms with Crippen LogP contribution >= 0.6 is 0 Å². The second kappa shape index (κ2) is 4.49. The third-order valence-corrected chi connectivity index (χ3v) is 1.95. The lowest BCUT2D eigenvalue weighted by Gasteiger charge is -2.18. The van der Waals surface area contributed by atoms with Gasteiger partial charge in [-0.3, -0.25) is 4.79 Å². The number of rotatable bonds is 3. The number of aliphatic hydroxyl groups is 1. The molecule has 0 aromatic heterocycles. The molecule has 1 aromatic rings. The van der Waals surface area contributed by atoms with E-state index in [9.17, 15) is 14.3 Å². The maximum atomic E-state index is 13.3. The molecule has 0 saturated carbocycles. The maximum absolute atomic E-state index is 13.3. The van der Waals surface area contributed by atoms with Gasteiger partial charge in [0.15, 0.2) is 0 Å². The van der Waals surface area contributed by atoms with Crippen molar-refractivity contribution in [1.82, 2.24) is 5.32 Å². The van der Waals surface area contributed by atoms with Gasteiger partial charge < -0.3 is 16.2 Å². The van der Waals surface area contributed by atoms with Gasteiger partial charge in [0, 0.05) is 12.2 Å². The van der Waals surface area contributed by atoms with Crippen molar-refractivity contribution in [3.8, 4) is 0 Å². The molecular formula is C11H15FN2O2. The van der Waals surface area contributed by atoms with Crippen molar-refractivity contribution in [2.75, 3.05) is 12.3 Å². The Labute approximate surface area is 93.3 Å². The van der Waals surface area contributed by atoms with Gasteiger partial charge in [-0.25, -0.2) is 4.39 Å². The van der Waals surface area contributed by atoms with Crippen LogP contribution in [0.15, 0.2) is 18.2 Å². The molecule has 1 amide bonds. The molecule has 0 bridgehead atoms. The summed E-state index contributed by atoms with van der Waals surface area (Å²) in [6.45, 7) is 3.11. The summed E-state index contributed by atoms with van der Waals surface area (Å²) in [6.07, 6.45) is 0. The monoisotopic (exact) mass is 226 g/mol. The first-order chi connectivity index (χ1) is 7.31. The lowest BCUT2D eigenvalue weighted by Crippen LogP contribution is -2.38. The van der Waals surface area contributed by atoms with Crippen LogP contribution in [0.5, 0.6) is 0 Å². The number of halogens is 1. The molecule has 1 rings (SSSR count). The summed E-state index contributed by atoms with van der Waals surface area (Å²) in [7, 11) is 0. The number of benzene rings is 1. The van der Waals surface area contributed by atoms with Crippen molar-refractivity contribution in [3.63, 3.8) is 0 Å². The fourth-order valence-corrected chi connectivity index (χ4v) is 1.17. The number of hydrogen-bond donors (Lipinski definition) is 3. The molecule has 4 nitrogen and oxygen atoms in total. The predicted octanol–water partition coefficient (Wildman–Crippen LogP) is 0.909. The second-order valence-corrected chi connectivity index (χ2v) is 4.20. The van der Waals surface area contributed by atoms with Crippen molar-refractivity contribution in [1.29, 1.82) is 0 Å². The summed E-state index contributed by atoms with van der Waals surface area (Å²) in [5.41, 5.74) is 4.34. The van der Waals surface area contributed by atoms with Gasteiger partial charge in [-0.2, -0.15) is 0 Å². The smallest absolute Gasteiger partial charge is 0.256 e. The standard InChI is InChI=1S/C11H15FN2O2/c1-11(2,16)6-14-10(15)9-7(12)4-3-5-8(9)13/h3-5,16H,6,13H2,1-2H3,(H,14,15). The van der Waals surface area contributed by atoms with Crippen LogP contribution in [-0.4, -0.2) is 23.2 Å². The zero-order chi connectivity index (χ0) is 12.3. The van der Waals surface area contributed by atoms with Crippen LogP contribution in [0.2, 0.25) is 0 Å². The first-order valence-corrected chi connectivity index (χ1v) is 4.86. The quantitative estimate of drug-likeness (QED) is 0.670. The molecule has 4 N–H and O–H groups in total. The normalized spacial score (nSPS) is 11.2. The van der Waals surface area contributed by atoms with Gasteiger partial charge in [0.25, 0.3) is 5.91 Å². The summed E-state index contributed by atoms with van der Waals surface area (Å²) in [5.74, 6) is -1.30. The Morgan fingerprint density at radius 2 is 2.19 bits per heavy atom. The minimum Gasteiger partial charge on any atom is -0.398 e.